The van der Waals surface area contributed by atoms with E-state index in [1.54, 1.807) is 0 Å². The summed E-state index contributed by atoms with van der Waals surface area (Å²) in [6.45, 7) is 6.10. The quantitative estimate of drug-likeness (QED) is 0.520. The molecule has 3 rings (SSSR count). The van der Waals surface area contributed by atoms with Crippen molar-refractivity contribution in [1.82, 2.24) is 0 Å². The van der Waals surface area contributed by atoms with E-state index >= 15 is 0 Å². The number of fused-ring (bicyclic) bond motifs is 3. The average Bonchev–Trinajstić information content (AvgIpc) is 2.69. The number of hydrogen-bond donors (Lipinski definition) is 4. The Morgan fingerprint density at radius 3 is 2.26 bits per heavy atom. The molecule has 0 aliphatic heterocycles. The Balaban J connectivity index is 2.10. The summed E-state index contributed by atoms with van der Waals surface area (Å²) < 4.78 is 0. The molecule has 4 nitrogen and oxygen atoms in total. The molecule has 0 radical (unpaired) electrons. The van der Waals surface area contributed by atoms with Gasteiger partial charge in [-0.1, -0.05) is 20.8 Å². The minimum atomic E-state index is -0.925. The lowest BCUT2D eigenvalue weighted by Gasteiger charge is -2.60. The smallest absolute Gasteiger partial charge is 0.103 e. The predicted octanol–water partition coefficient (Wildman–Crippen LogP) is 0.444. The van der Waals surface area contributed by atoms with Crippen molar-refractivity contribution in [2.75, 3.05) is 6.61 Å². The number of aliphatic hydroxyl groups is 4. The van der Waals surface area contributed by atoms with Crippen LogP contribution in [-0.4, -0.2) is 45.3 Å². The van der Waals surface area contributed by atoms with Crippen LogP contribution in [0.4, 0.5) is 0 Å². The minimum Gasteiger partial charge on any atom is -0.392 e. The molecule has 19 heavy (non-hydrogen) atoms. The fourth-order valence-electron chi connectivity index (χ4n) is 5.02. The summed E-state index contributed by atoms with van der Waals surface area (Å²) in [6, 6.07) is 0. The molecule has 4 N–H and O–H groups in total. The van der Waals surface area contributed by atoms with E-state index in [2.05, 4.69) is 13.8 Å². The Hall–Kier alpha value is -0.420. The summed E-state index contributed by atoms with van der Waals surface area (Å²) in [4.78, 5) is 0. The highest BCUT2D eigenvalue weighted by Crippen LogP contribution is 2.66. The van der Waals surface area contributed by atoms with Crippen LogP contribution in [0, 0.1) is 22.7 Å². The van der Waals surface area contributed by atoms with Crippen LogP contribution >= 0.6 is 0 Å². The van der Waals surface area contributed by atoms with Crippen LogP contribution in [0.5, 0.6) is 0 Å². The molecule has 4 heteroatoms. The van der Waals surface area contributed by atoms with Gasteiger partial charge in [-0.3, -0.25) is 0 Å². The molecule has 0 amide bonds. The van der Waals surface area contributed by atoms with Gasteiger partial charge in [-0.25, -0.2) is 0 Å². The number of aliphatic hydroxyl groups excluding tert-OH is 4. The van der Waals surface area contributed by atoms with Gasteiger partial charge in [0.05, 0.1) is 18.8 Å². The third-order valence-electron chi connectivity index (χ3n) is 5.92. The lowest BCUT2D eigenvalue weighted by molar-refractivity contribution is -0.149. The monoisotopic (exact) mass is 268 g/mol. The van der Waals surface area contributed by atoms with Crippen molar-refractivity contribution in [2.24, 2.45) is 22.7 Å². The van der Waals surface area contributed by atoms with Gasteiger partial charge in [0, 0.05) is 5.41 Å². The zero-order chi connectivity index (χ0) is 14.2. The summed E-state index contributed by atoms with van der Waals surface area (Å²) in [5, 5.41) is 40.3. The average molecular weight is 268 g/mol. The van der Waals surface area contributed by atoms with E-state index in [9.17, 15) is 20.4 Å². The Morgan fingerprint density at radius 1 is 1.05 bits per heavy atom. The summed E-state index contributed by atoms with van der Waals surface area (Å²) in [6.07, 6.45) is -0.544. The van der Waals surface area contributed by atoms with Gasteiger partial charge >= 0.3 is 0 Å². The van der Waals surface area contributed by atoms with Crippen molar-refractivity contribution in [3.05, 3.63) is 11.1 Å². The van der Waals surface area contributed by atoms with Gasteiger partial charge in [0.25, 0.3) is 0 Å². The van der Waals surface area contributed by atoms with Crippen LogP contribution in [0.15, 0.2) is 11.1 Å². The standard InChI is InChI=1S/C15H24O4/c1-14(2)4-7-9(5-14)15(3)10(12(18)13(15)19)8(6-16)11(7)17/h7,9,11-13,16-19H,4-6H2,1-3H3/t7-,9+,11+,12+,13-,15-/m1/s1. The molecule has 108 valence electrons. The molecule has 0 aromatic heterocycles. The first-order valence-electron chi connectivity index (χ1n) is 7.12. The van der Waals surface area contributed by atoms with Gasteiger partial charge in [-0.05, 0) is 41.2 Å². The topological polar surface area (TPSA) is 80.9 Å². The van der Waals surface area contributed by atoms with Crippen molar-refractivity contribution >= 4 is 0 Å². The molecule has 6 atom stereocenters. The normalized spacial score (nSPS) is 51.6. The largest absolute Gasteiger partial charge is 0.392 e. The first-order valence-corrected chi connectivity index (χ1v) is 7.12. The van der Waals surface area contributed by atoms with E-state index < -0.39 is 23.7 Å². The van der Waals surface area contributed by atoms with Gasteiger partial charge in [0.15, 0.2) is 0 Å². The SMILES string of the molecule is CC1(C)C[C@H]2[C@H](O)C(CO)=C3[C@H](O)[C@@H](O)[C@]3(C)[C@H]2C1. The predicted molar refractivity (Wildman–Crippen MR) is 70.2 cm³/mol. The summed E-state index contributed by atoms with van der Waals surface area (Å²) in [5.41, 5.74) is 0.887. The highest BCUT2D eigenvalue weighted by atomic mass is 16.3. The lowest BCUT2D eigenvalue weighted by Crippen LogP contribution is -2.65. The fraction of sp³-hybridized carbons (Fsp3) is 0.867. The van der Waals surface area contributed by atoms with Crippen molar-refractivity contribution in [2.45, 2.75) is 51.9 Å². The third-order valence-corrected chi connectivity index (χ3v) is 5.92. The van der Waals surface area contributed by atoms with Crippen molar-refractivity contribution < 1.29 is 20.4 Å². The second-order valence-electron chi connectivity index (χ2n) is 7.56. The molecule has 0 aromatic rings. The zero-order valence-corrected chi connectivity index (χ0v) is 11.8. The van der Waals surface area contributed by atoms with Crippen LogP contribution in [-0.2, 0) is 0 Å². The van der Waals surface area contributed by atoms with Crippen molar-refractivity contribution in [3.63, 3.8) is 0 Å². The molecule has 2 saturated carbocycles. The van der Waals surface area contributed by atoms with Gasteiger partial charge in [-0.2, -0.15) is 0 Å². The molecular weight excluding hydrogens is 244 g/mol. The van der Waals surface area contributed by atoms with Crippen LogP contribution in [0.2, 0.25) is 0 Å². The maximum atomic E-state index is 10.5. The van der Waals surface area contributed by atoms with Gasteiger partial charge in [0.2, 0.25) is 0 Å². The minimum absolute atomic E-state index is 0.0769. The molecule has 0 spiro atoms. The van der Waals surface area contributed by atoms with Gasteiger partial charge in [-0.15, -0.1) is 0 Å². The second-order valence-corrected chi connectivity index (χ2v) is 7.56. The first kappa shape index (κ1) is 13.6. The molecule has 0 bridgehead atoms. The summed E-state index contributed by atoms with van der Waals surface area (Å²) in [5.74, 6) is 0.259. The van der Waals surface area contributed by atoms with E-state index in [1.165, 1.54) is 0 Å². The van der Waals surface area contributed by atoms with E-state index in [4.69, 9.17) is 0 Å². The van der Waals surface area contributed by atoms with E-state index in [0.29, 0.717) is 11.1 Å². The maximum absolute atomic E-state index is 10.5. The highest BCUT2D eigenvalue weighted by molar-refractivity contribution is 5.44. The lowest BCUT2D eigenvalue weighted by atomic mass is 9.48. The molecule has 2 fully saturated rings. The molecule has 0 heterocycles. The van der Waals surface area contributed by atoms with Gasteiger partial charge in [0.1, 0.15) is 6.10 Å². The highest BCUT2D eigenvalue weighted by Gasteiger charge is 2.66. The first-order chi connectivity index (χ1) is 8.74. The van der Waals surface area contributed by atoms with Crippen LogP contribution < -0.4 is 0 Å². The van der Waals surface area contributed by atoms with Crippen LogP contribution in [0.3, 0.4) is 0 Å². The van der Waals surface area contributed by atoms with E-state index in [0.717, 1.165) is 12.8 Å². The Labute approximate surface area is 113 Å². The second kappa shape index (κ2) is 3.82. The van der Waals surface area contributed by atoms with E-state index in [-0.39, 0.29) is 23.9 Å². The molecule has 0 saturated heterocycles. The number of rotatable bonds is 1. The van der Waals surface area contributed by atoms with E-state index in [1.807, 2.05) is 6.92 Å². The molecule has 0 unspecified atom stereocenters. The van der Waals surface area contributed by atoms with Gasteiger partial charge < -0.3 is 20.4 Å². The Bertz CT molecular complexity index is 441. The molecule has 3 aliphatic carbocycles. The van der Waals surface area contributed by atoms with Crippen molar-refractivity contribution in [3.8, 4) is 0 Å². The molecular formula is C15H24O4. The summed E-state index contributed by atoms with van der Waals surface area (Å²) >= 11 is 0. The summed E-state index contributed by atoms with van der Waals surface area (Å²) in [7, 11) is 0. The van der Waals surface area contributed by atoms with Crippen LogP contribution in [0.25, 0.3) is 0 Å². The fourth-order valence-corrected chi connectivity index (χ4v) is 5.02. The Morgan fingerprint density at radius 2 is 1.68 bits per heavy atom. The number of hydrogen-bond acceptors (Lipinski definition) is 4. The molecule has 0 aromatic carbocycles. The Kier molecular flexibility index (Phi) is 2.72. The maximum Gasteiger partial charge on any atom is 0.103 e. The zero-order valence-electron chi connectivity index (χ0n) is 11.8. The molecule has 3 aliphatic rings. The third kappa shape index (κ3) is 1.49. The van der Waals surface area contributed by atoms with Crippen molar-refractivity contribution in [1.29, 1.82) is 0 Å². The van der Waals surface area contributed by atoms with Crippen LogP contribution in [0.1, 0.15) is 33.6 Å².